The number of primary amides is 1. The number of aliphatic carboxylic acids is 1. The van der Waals surface area contributed by atoms with Crippen LogP contribution in [0.3, 0.4) is 0 Å². The summed E-state index contributed by atoms with van der Waals surface area (Å²) in [6.07, 6.45) is 0.217. The zero-order chi connectivity index (χ0) is 14.0. The summed E-state index contributed by atoms with van der Waals surface area (Å²) in [7, 11) is 1.54. The molecule has 1 aliphatic rings. The Labute approximate surface area is 110 Å². The van der Waals surface area contributed by atoms with Crippen molar-refractivity contribution < 1.29 is 19.4 Å². The Morgan fingerprint density at radius 2 is 2.26 bits per heavy atom. The van der Waals surface area contributed by atoms with E-state index in [0.717, 1.165) is 0 Å². The molecule has 2 atom stereocenters. The largest absolute Gasteiger partial charge is 0.480 e. The SMILES string of the molecule is COC1CC(C(=O)O)N(c2cccc(C(N)=O)n2)C1. The van der Waals surface area contributed by atoms with E-state index >= 15 is 0 Å². The van der Waals surface area contributed by atoms with Crippen LogP contribution in [0.15, 0.2) is 18.2 Å². The minimum absolute atomic E-state index is 0.113. The molecule has 19 heavy (non-hydrogen) atoms. The highest BCUT2D eigenvalue weighted by Gasteiger charge is 2.37. The van der Waals surface area contributed by atoms with Crippen LogP contribution in [0.25, 0.3) is 0 Å². The molecular weight excluding hydrogens is 250 g/mol. The lowest BCUT2D eigenvalue weighted by Gasteiger charge is -2.22. The van der Waals surface area contributed by atoms with Crippen LogP contribution in [0.5, 0.6) is 0 Å². The molecule has 0 spiro atoms. The molecule has 102 valence electrons. The molecule has 1 aromatic heterocycles. The Bertz CT molecular complexity index is 506. The zero-order valence-corrected chi connectivity index (χ0v) is 10.4. The van der Waals surface area contributed by atoms with Crippen molar-refractivity contribution in [1.29, 1.82) is 0 Å². The number of anilines is 1. The summed E-state index contributed by atoms with van der Waals surface area (Å²) in [6, 6.07) is 4.06. The number of aromatic nitrogens is 1. The summed E-state index contributed by atoms with van der Waals surface area (Å²) in [5.41, 5.74) is 5.28. The third-order valence-electron chi connectivity index (χ3n) is 3.16. The highest BCUT2D eigenvalue weighted by atomic mass is 16.5. The summed E-state index contributed by atoms with van der Waals surface area (Å²) < 4.78 is 5.20. The van der Waals surface area contributed by atoms with Crippen molar-refractivity contribution >= 4 is 17.7 Å². The summed E-state index contributed by atoms with van der Waals surface area (Å²) in [5, 5.41) is 9.22. The summed E-state index contributed by atoms with van der Waals surface area (Å²) in [6.45, 7) is 0.419. The molecular formula is C12H15N3O4. The summed E-state index contributed by atoms with van der Waals surface area (Å²) in [5.74, 6) is -1.16. The number of carbonyl (C=O) groups is 2. The molecule has 1 aromatic rings. The van der Waals surface area contributed by atoms with E-state index in [9.17, 15) is 14.7 Å². The lowest BCUT2D eigenvalue weighted by molar-refractivity contribution is -0.138. The first kappa shape index (κ1) is 13.3. The number of ether oxygens (including phenoxy) is 1. The molecule has 7 nitrogen and oxygen atoms in total. The lowest BCUT2D eigenvalue weighted by Crippen LogP contribution is -2.36. The fraction of sp³-hybridized carbons (Fsp3) is 0.417. The minimum atomic E-state index is -0.939. The Hall–Kier alpha value is -2.15. The molecule has 1 fully saturated rings. The Kier molecular flexibility index (Phi) is 3.66. The molecule has 0 radical (unpaired) electrons. The third-order valence-corrected chi connectivity index (χ3v) is 3.16. The fourth-order valence-electron chi connectivity index (χ4n) is 2.18. The first-order valence-corrected chi connectivity index (χ1v) is 5.82. The third kappa shape index (κ3) is 2.65. The molecule has 1 aliphatic heterocycles. The van der Waals surface area contributed by atoms with Gasteiger partial charge in [0.1, 0.15) is 17.6 Å². The van der Waals surface area contributed by atoms with Crippen LogP contribution in [0, 0.1) is 0 Å². The van der Waals surface area contributed by atoms with Gasteiger partial charge in [-0.05, 0) is 12.1 Å². The second kappa shape index (κ2) is 5.23. The van der Waals surface area contributed by atoms with Gasteiger partial charge in [0.2, 0.25) is 0 Å². The topological polar surface area (TPSA) is 106 Å². The number of carboxylic acids is 1. The average molecular weight is 265 g/mol. The number of rotatable bonds is 4. The van der Waals surface area contributed by atoms with Crippen molar-refractivity contribution in [2.24, 2.45) is 5.73 Å². The van der Waals surface area contributed by atoms with Gasteiger partial charge in [-0.15, -0.1) is 0 Å². The van der Waals surface area contributed by atoms with E-state index in [1.54, 1.807) is 24.1 Å². The van der Waals surface area contributed by atoms with Gasteiger partial charge in [0, 0.05) is 20.1 Å². The molecule has 2 unspecified atom stereocenters. The zero-order valence-electron chi connectivity index (χ0n) is 10.4. The standard InChI is InChI=1S/C12H15N3O4/c1-19-7-5-9(12(17)18)15(6-7)10-4-2-3-8(14-10)11(13)16/h2-4,7,9H,5-6H2,1H3,(H2,13,16)(H,17,18). The van der Waals surface area contributed by atoms with E-state index in [2.05, 4.69) is 4.98 Å². The molecule has 0 aromatic carbocycles. The van der Waals surface area contributed by atoms with E-state index in [4.69, 9.17) is 10.5 Å². The van der Waals surface area contributed by atoms with E-state index in [0.29, 0.717) is 18.8 Å². The second-order valence-electron chi connectivity index (χ2n) is 4.35. The summed E-state index contributed by atoms with van der Waals surface area (Å²) >= 11 is 0. The Morgan fingerprint density at radius 3 is 2.84 bits per heavy atom. The lowest BCUT2D eigenvalue weighted by atomic mass is 10.2. The van der Waals surface area contributed by atoms with Crippen LogP contribution in [0.2, 0.25) is 0 Å². The van der Waals surface area contributed by atoms with Gasteiger partial charge in [-0.1, -0.05) is 6.07 Å². The van der Waals surface area contributed by atoms with Crippen LogP contribution in [-0.2, 0) is 9.53 Å². The Morgan fingerprint density at radius 1 is 1.53 bits per heavy atom. The van der Waals surface area contributed by atoms with Crippen molar-refractivity contribution in [3.05, 3.63) is 23.9 Å². The van der Waals surface area contributed by atoms with Crippen molar-refractivity contribution in [2.75, 3.05) is 18.6 Å². The maximum absolute atomic E-state index is 11.2. The van der Waals surface area contributed by atoms with E-state index in [1.807, 2.05) is 0 Å². The van der Waals surface area contributed by atoms with Crippen molar-refractivity contribution in [2.45, 2.75) is 18.6 Å². The first-order chi connectivity index (χ1) is 9.02. The van der Waals surface area contributed by atoms with Crippen LogP contribution in [0.1, 0.15) is 16.9 Å². The van der Waals surface area contributed by atoms with Gasteiger partial charge >= 0.3 is 5.97 Å². The molecule has 0 saturated carbocycles. The fourth-order valence-corrected chi connectivity index (χ4v) is 2.18. The van der Waals surface area contributed by atoms with E-state index in [-0.39, 0.29) is 11.8 Å². The summed E-state index contributed by atoms with van der Waals surface area (Å²) in [4.78, 5) is 28.1. The monoisotopic (exact) mass is 265 g/mol. The first-order valence-electron chi connectivity index (χ1n) is 5.82. The second-order valence-corrected chi connectivity index (χ2v) is 4.35. The molecule has 0 aliphatic carbocycles. The number of nitrogens with two attached hydrogens (primary N) is 1. The number of carboxylic acid groups (broad SMARTS) is 1. The highest BCUT2D eigenvalue weighted by Crippen LogP contribution is 2.25. The number of hydrogen-bond donors (Lipinski definition) is 2. The van der Waals surface area contributed by atoms with E-state index < -0.39 is 17.9 Å². The molecule has 7 heteroatoms. The predicted octanol–water partition coefficient (Wildman–Crippen LogP) is -0.141. The molecule has 2 rings (SSSR count). The van der Waals surface area contributed by atoms with Crippen LogP contribution >= 0.6 is 0 Å². The Balaban J connectivity index is 2.31. The van der Waals surface area contributed by atoms with Crippen LogP contribution in [-0.4, -0.2) is 47.8 Å². The number of pyridine rings is 1. The predicted molar refractivity (Wildman–Crippen MR) is 66.9 cm³/mol. The molecule has 1 saturated heterocycles. The van der Waals surface area contributed by atoms with Crippen molar-refractivity contribution in [3.63, 3.8) is 0 Å². The molecule has 0 bridgehead atoms. The number of hydrogen-bond acceptors (Lipinski definition) is 5. The normalized spacial score (nSPS) is 22.5. The maximum atomic E-state index is 11.2. The van der Waals surface area contributed by atoms with Gasteiger partial charge in [0.15, 0.2) is 0 Å². The van der Waals surface area contributed by atoms with Crippen molar-refractivity contribution in [1.82, 2.24) is 4.98 Å². The molecule has 3 N–H and O–H groups in total. The van der Waals surface area contributed by atoms with Gasteiger partial charge in [0.05, 0.1) is 6.10 Å². The maximum Gasteiger partial charge on any atom is 0.326 e. The quantitative estimate of drug-likeness (QED) is 0.784. The number of carbonyl (C=O) groups excluding carboxylic acids is 1. The smallest absolute Gasteiger partial charge is 0.326 e. The molecule has 2 heterocycles. The van der Waals surface area contributed by atoms with Gasteiger partial charge in [-0.25, -0.2) is 9.78 Å². The number of methoxy groups -OCH3 is 1. The number of amides is 1. The van der Waals surface area contributed by atoms with Gasteiger partial charge in [-0.3, -0.25) is 4.79 Å². The molecule has 1 amide bonds. The van der Waals surface area contributed by atoms with Gasteiger partial charge < -0.3 is 20.5 Å². The van der Waals surface area contributed by atoms with Crippen molar-refractivity contribution in [3.8, 4) is 0 Å². The van der Waals surface area contributed by atoms with Gasteiger partial charge in [0.25, 0.3) is 5.91 Å². The highest BCUT2D eigenvalue weighted by molar-refractivity contribution is 5.91. The number of nitrogens with zero attached hydrogens (tertiary/aromatic N) is 2. The average Bonchev–Trinajstić information content (AvgIpc) is 2.83. The van der Waals surface area contributed by atoms with Crippen LogP contribution < -0.4 is 10.6 Å². The van der Waals surface area contributed by atoms with E-state index in [1.165, 1.54) is 6.07 Å². The minimum Gasteiger partial charge on any atom is -0.480 e. The van der Waals surface area contributed by atoms with Gasteiger partial charge in [-0.2, -0.15) is 0 Å². The van der Waals surface area contributed by atoms with Crippen LogP contribution in [0.4, 0.5) is 5.82 Å².